The number of aryl methyl sites for hydroxylation is 3. The van der Waals surface area contributed by atoms with Gasteiger partial charge in [0.2, 0.25) is 0 Å². The lowest BCUT2D eigenvalue weighted by Gasteiger charge is -2.32. The first-order valence-electron chi connectivity index (χ1n) is 19.9. The lowest BCUT2D eigenvalue weighted by Crippen LogP contribution is -2.25. The average molecular weight is 739 g/mol. The summed E-state index contributed by atoms with van der Waals surface area (Å²) in [5.74, 6) is 0. The van der Waals surface area contributed by atoms with E-state index in [4.69, 9.17) is 0 Å². The summed E-state index contributed by atoms with van der Waals surface area (Å²) in [6.07, 6.45) is 0. The topological polar surface area (TPSA) is 6.48 Å². The van der Waals surface area contributed by atoms with Crippen LogP contribution in [0.25, 0.3) is 33.4 Å². The lowest BCUT2D eigenvalue weighted by atomic mass is 9.70. The molecular weight excluding hydrogens is 689 g/mol. The first kappa shape index (κ1) is 37.3. The quantitative estimate of drug-likeness (QED) is 0.129. The van der Waals surface area contributed by atoms with Crippen molar-refractivity contribution in [1.29, 1.82) is 0 Å². The van der Waals surface area contributed by atoms with Gasteiger partial charge in [-0.1, -0.05) is 151 Å². The smallest absolute Gasteiger partial charge is 0.0423 e. The van der Waals surface area contributed by atoms with Crippen molar-refractivity contribution in [3.63, 3.8) is 0 Å². The SMILES string of the molecule is Cc1ccc(-c2ccc(C(C)(c3ccc(-c4ccc(N(C)c5cccc(C)c5)cc4)cc3)c3ccc(-c4ccc(N(C)c5cccc(C)c5)cc4)cc3)cc2)cc1. The predicted octanol–water partition coefficient (Wildman–Crippen LogP) is 14.5. The van der Waals surface area contributed by atoms with Crippen LogP contribution in [0.3, 0.4) is 0 Å². The fraction of sp³-hybridized carbons (Fsp3) is 0.127. The molecule has 8 rings (SSSR count). The molecule has 0 radical (unpaired) electrons. The average Bonchev–Trinajstić information content (AvgIpc) is 3.26. The molecule has 0 bridgehead atoms. The maximum Gasteiger partial charge on any atom is 0.0423 e. The van der Waals surface area contributed by atoms with Crippen LogP contribution in [-0.2, 0) is 5.41 Å². The lowest BCUT2D eigenvalue weighted by molar-refractivity contribution is 0.693. The summed E-state index contributed by atoms with van der Waals surface area (Å²) in [5.41, 5.74) is 19.1. The predicted molar refractivity (Wildman–Crippen MR) is 244 cm³/mol. The van der Waals surface area contributed by atoms with Crippen LogP contribution in [-0.4, -0.2) is 14.1 Å². The van der Waals surface area contributed by atoms with Crippen LogP contribution >= 0.6 is 0 Å². The second-order valence-corrected chi connectivity index (χ2v) is 15.6. The molecule has 0 aromatic heterocycles. The Kier molecular flexibility index (Phi) is 10.4. The summed E-state index contributed by atoms with van der Waals surface area (Å²) >= 11 is 0. The molecular formula is C55H50N2. The van der Waals surface area contributed by atoms with Crippen molar-refractivity contribution >= 4 is 22.7 Å². The molecule has 0 atom stereocenters. The van der Waals surface area contributed by atoms with Gasteiger partial charge >= 0.3 is 0 Å². The molecule has 2 heteroatoms. The molecule has 0 aliphatic carbocycles. The minimum absolute atomic E-state index is 0.385. The Balaban J connectivity index is 1.10. The van der Waals surface area contributed by atoms with Gasteiger partial charge in [-0.15, -0.1) is 0 Å². The number of benzene rings is 8. The van der Waals surface area contributed by atoms with Crippen molar-refractivity contribution in [1.82, 2.24) is 0 Å². The van der Waals surface area contributed by atoms with Crippen molar-refractivity contribution in [3.8, 4) is 33.4 Å². The molecule has 2 nitrogen and oxygen atoms in total. The van der Waals surface area contributed by atoms with Crippen LogP contribution in [0.4, 0.5) is 22.7 Å². The minimum atomic E-state index is -0.385. The molecule has 0 fully saturated rings. The molecule has 0 saturated carbocycles. The van der Waals surface area contributed by atoms with E-state index in [1.807, 2.05) is 0 Å². The van der Waals surface area contributed by atoms with E-state index in [1.54, 1.807) is 0 Å². The van der Waals surface area contributed by atoms with Gasteiger partial charge in [0.1, 0.15) is 0 Å². The molecule has 0 heterocycles. The van der Waals surface area contributed by atoms with Crippen molar-refractivity contribution in [2.45, 2.75) is 33.1 Å². The standard InChI is InChI=1S/C55H50N2/c1-39-13-15-42(16-14-39)43-17-27-48(28-18-43)55(4,49-29-19-44(20-30-49)46-23-33-51(34-24-46)56(5)53-11-7-9-40(2)37-53)50-31-21-45(22-32-50)47-25-35-52(36-26-47)57(6)54-12-8-10-41(3)38-54/h7-38H,1-6H3. The normalized spacial score (nSPS) is 11.3. The van der Waals surface area contributed by atoms with E-state index in [9.17, 15) is 0 Å². The summed E-state index contributed by atoms with van der Waals surface area (Å²) < 4.78 is 0. The molecule has 0 saturated heterocycles. The summed E-state index contributed by atoms with van der Waals surface area (Å²) in [4.78, 5) is 4.47. The van der Waals surface area contributed by atoms with E-state index in [2.05, 4.69) is 246 Å². The Morgan fingerprint density at radius 1 is 0.298 bits per heavy atom. The zero-order valence-electron chi connectivity index (χ0n) is 33.9. The van der Waals surface area contributed by atoms with Gasteiger partial charge in [-0.25, -0.2) is 0 Å². The fourth-order valence-electron chi connectivity index (χ4n) is 7.96. The van der Waals surface area contributed by atoms with Crippen LogP contribution in [0, 0.1) is 20.8 Å². The van der Waals surface area contributed by atoms with Crippen LogP contribution in [0.1, 0.15) is 40.3 Å². The number of hydrogen-bond acceptors (Lipinski definition) is 2. The fourth-order valence-corrected chi connectivity index (χ4v) is 7.96. The van der Waals surface area contributed by atoms with Gasteiger partial charge in [0.05, 0.1) is 0 Å². The van der Waals surface area contributed by atoms with E-state index < -0.39 is 0 Å². The Labute approximate surface area is 339 Å². The Bertz CT molecular complexity index is 2440. The van der Waals surface area contributed by atoms with Crippen LogP contribution < -0.4 is 9.80 Å². The first-order chi connectivity index (χ1) is 27.7. The molecule has 8 aromatic rings. The second-order valence-electron chi connectivity index (χ2n) is 15.6. The van der Waals surface area contributed by atoms with E-state index in [1.165, 1.54) is 78.1 Å². The van der Waals surface area contributed by atoms with E-state index in [-0.39, 0.29) is 5.41 Å². The summed E-state index contributed by atoms with van der Waals surface area (Å²) in [6, 6.07) is 71.3. The highest BCUT2D eigenvalue weighted by atomic mass is 15.1. The monoisotopic (exact) mass is 738 g/mol. The Morgan fingerprint density at radius 3 is 0.877 bits per heavy atom. The summed E-state index contributed by atoms with van der Waals surface area (Å²) in [6.45, 7) is 8.77. The van der Waals surface area contributed by atoms with Gasteiger partial charge in [-0.05, 0) is 137 Å². The number of rotatable bonds is 10. The molecule has 0 N–H and O–H groups in total. The molecule has 280 valence electrons. The van der Waals surface area contributed by atoms with Crippen LogP contribution in [0.2, 0.25) is 0 Å². The third-order valence-electron chi connectivity index (χ3n) is 11.7. The zero-order valence-corrected chi connectivity index (χ0v) is 33.9. The number of anilines is 4. The third-order valence-corrected chi connectivity index (χ3v) is 11.7. The maximum atomic E-state index is 2.36. The van der Waals surface area contributed by atoms with Crippen molar-refractivity contribution in [2.75, 3.05) is 23.9 Å². The van der Waals surface area contributed by atoms with Gasteiger partial charge in [-0.3, -0.25) is 0 Å². The number of nitrogens with zero attached hydrogens (tertiary/aromatic N) is 2. The maximum absolute atomic E-state index is 2.36. The highest BCUT2D eigenvalue weighted by Gasteiger charge is 2.31. The van der Waals surface area contributed by atoms with Gasteiger partial charge in [0.15, 0.2) is 0 Å². The van der Waals surface area contributed by atoms with Gasteiger partial charge in [0.25, 0.3) is 0 Å². The van der Waals surface area contributed by atoms with Gasteiger partial charge in [0, 0.05) is 42.3 Å². The van der Waals surface area contributed by atoms with E-state index >= 15 is 0 Å². The molecule has 0 unspecified atom stereocenters. The minimum Gasteiger partial charge on any atom is -0.345 e. The van der Waals surface area contributed by atoms with Gasteiger partial charge < -0.3 is 9.80 Å². The van der Waals surface area contributed by atoms with E-state index in [0.29, 0.717) is 0 Å². The highest BCUT2D eigenvalue weighted by Crippen LogP contribution is 2.41. The van der Waals surface area contributed by atoms with Gasteiger partial charge in [-0.2, -0.15) is 0 Å². The van der Waals surface area contributed by atoms with Crippen molar-refractivity contribution < 1.29 is 0 Å². The van der Waals surface area contributed by atoms with Crippen LogP contribution in [0.5, 0.6) is 0 Å². The largest absolute Gasteiger partial charge is 0.345 e. The second kappa shape index (κ2) is 15.8. The first-order valence-corrected chi connectivity index (χ1v) is 19.9. The van der Waals surface area contributed by atoms with Crippen molar-refractivity contribution in [2.24, 2.45) is 0 Å². The molecule has 0 spiro atoms. The Morgan fingerprint density at radius 2 is 0.579 bits per heavy atom. The summed E-state index contributed by atoms with van der Waals surface area (Å²) in [7, 11) is 4.25. The molecule has 0 aliphatic heterocycles. The molecule has 57 heavy (non-hydrogen) atoms. The summed E-state index contributed by atoms with van der Waals surface area (Å²) in [5, 5.41) is 0. The molecule has 0 aliphatic rings. The zero-order chi connectivity index (χ0) is 39.5. The third kappa shape index (κ3) is 7.77. The molecule has 8 aromatic carbocycles. The number of hydrogen-bond donors (Lipinski definition) is 0. The van der Waals surface area contributed by atoms with Crippen LogP contribution in [0.15, 0.2) is 194 Å². The van der Waals surface area contributed by atoms with Crippen molar-refractivity contribution in [3.05, 3.63) is 228 Å². The molecule has 0 amide bonds. The highest BCUT2D eigenvalue weighted by molar-refractivity contribution is 5.73. The van der Waals surface area contributed by atoms with E-state index in [0.717, 1.165) is 11.4 Å². The Hall–Kier alpha value is -6.64.